The SMILES string of the molecule is CCOC(=O)c1ccc(-c2ccc(/C=C3/C(=O)N(CC)C(=O)C(C#N)=C3C)o2)cc1. The molecule has 0 bridgehead atoms. The van der Waals surface area contributed by atoms with Gasteiger partial charge in [0.15, 0.2) is 0 Å². The fourth-order valence-electron chi connectivity index (χ4n) is 3.13. The molecule has 30 heavy (non-hydrogen) atoms. The highest BCUT2D eigenvalue weighted by Gasteiger charge is 2.34. The maximum atomic E-state index is 12.7. The number of carbonyl (C=O) groups excluding carboxylic acids is 3. The fourth-order valence-corrected chi connectivity index (χ4v) is 3.13. The summed E-state index contributed by atoms with van der Waals surface area (Å²) in [6.45, 7) is 5.47. The smallest absolute Gasteiger partial charge is 0.338 e. The van der Waals surface area contributed by atoms with Crippen molar-refractivity contribution in [3.8, 4) is 17.4 Å². The monoisotopic (exact) mass is 404 g/mol. The lowest BCUT2D eigenvalue weighted by molar-refractivity contribution is -0.140. The van der Waals surface area contributed by atoms with Crippen LogP contribution in [0.2, 0.25) is 0 Å². The molecule has 0 radical (unpaired) electrons. The zero-order valence-electron chi connectivity index (χ0n) is 16.9. The summed E-state index contributed by atoms with van der Waals surface area (Å²) in [5.41, 5.74) is 1.71. The number of esters is 1. The summed E-state index contributed by atoms with van der Waals surface area (Å²) in [7, 11) is 0. The normalized spacial score (nSPS) is 15.5. The van der Waals surface area contributed by atoms with Crippen molar-refractivity contribution < 1.29 is 23.5 Å². The third-order valence-electron chi connectivity index (χ3n) is 4.74. The Kier molecular flexibility index (Phi) is 5.98. The molecule has 0 unspecified atom stereocenters. The molecule has 2 amide bonds. The number of likely N-dealkylation sites (N-methyl/N-ethyl adjacent to an activating group) is 1. The van der Waals surface area contributed by atoms with E-state index in [0.717, 1.165) is 10.5 Å². The van der Waals surface area contributed by atoms with Crippen molar-refractivity contribution in [3.63, 3.8) is 0 Å². The van der Waals surface area contributed by atoms with Gasteiger partial charge in [-0.2, -0.15) is 5.26 Å². The number of ether oxygens (including phenoxy) is 1. The lowest BCUT2D eigenvalue weighted by atomic mass is 9.95. The van der Waals surface area contributed by atoms with E-state index in [1.807, 2.05) is 6.07 Å². The molecule has 1 aliphatic rings. The molecule has 0 saturated carbocycles. The Balaban J connectivity index is 1.92. The van der Waals surface area contributed by atoms with Crippen LogP contribution < -0.4 is 0 Å². The topological polar surface area (TPSA) is 101 Å². The van der Waals surface area contributed by atoms with Crippen molar-refractivity contribution >= 4 is 23.9 Å². The van der Waals surface area contributed by atoms with Gasteiger partial charge in [0.2, 0.25) is 0 Å². The summed E-state index contributed by atoms with van der Waals surface area (Å²) >= 11 is 0. The second kappa shape index (κ2) is 8.62. The number of imide groups is 1. The highest BCUT2D eigenvalue weighted by atomic mass is 16.5. The molecule has 2 heterocycles. The van der Waals surface area contributed by atoms with Crippen LogP contribution in [0.3, 0.4) is 0 Å². The van der Waals surface area contributed by atoms with Gasteiger partial charge in [-0.25, -0.2) is 4.79 Å². The molecule has 0 aliphatic carbocycles. The summed E-state index contributed by atoms with van der Waals surface area (Å²) in [5, 5.41) is 9.31. The minimum absolute atomic E-state index is 0.0518. The van der Waals surface area contributed by atoms with E-state index in [2.05, 4.69) is 0 Å². The van der Waals surface area contributed by atoms with Crippen molar-refractivity contribution in [2.24, 2.45) is 0 Å². The first-order chi connectivity index (χ1) is 14.4. The van der Waals surface area contributed by atoms with Gasteiger partial charge < -0.3 is 9.15 Å². The van der Waals surface area contributed by atoms with E-state index in [0.29, 0.717) is 29.3 Å². The van der Waals surface area contributed by atoms with Gasteiger partial charge in [-0.3, -0.25) is 14.5 Å². The number of furan rings is 1. The zero-order chi connectivity index (χ0) is 21.8. The highest BCUT2D eigenvalue weighted by Crippen LogP contribution is 2.29. The summed E-state index contributed by atoms with van der Waals surface area (Å²) in [6, 6.07) is 12.1. The number of amides is 2. The summed E-state index contributed by atoms with van der Waals surface area (Å²) in [5.74, 6) is -0.483. The van der Waals surface area contributed by atoms with Crippen LogP contribution in [0.25, 0.3) is 17.4 Å². The van der Waals surface area contributed by atoms with Crippen LogP contribution in [0.4, 0.5) is 0 Å². The Morgan fingerprint density at radius 3 is 2.43 bits per heavy atom. The van der Waals surface area contributed by atoms with Gasteiger partial charge in [-0.05, 0) is 56.7 Å². The van der Waals surface area contributed by atoms with E-state index >= 15 is 0 Å². The van der Waals surface area contributed by atoms with E-state index in [1.165, 1.54) is 6.08 Å². The molecule has 2 aromatic rings. The van der Waals surface area contributed by atoms with Crippen molar-refractivity contribution in [2.45, 2.75) is 20.8 Å². The fraction of sp³-hybridized carbons (Fsp3) is 0.217. The van der Waals surface area contributed by atoms with Gasteiger partial charge >= 0.3 is 5.97 Å². The minimum Gasteiger partial charge on any atom is -0.462 e. The number of nitriles is 1. The first-order valence-electron chi connectivity index (χ1n) is 9.47. The average Bonchev–Trinajstić information content (AvgIpc) is 3.21. The molecule has 1 aromatic carbocycles. The van der Waals surface area contributed by atoms with Crippen molar-refractivity contribution in [3.05, 3.63) is 64.4 Å². The van der Waals surface area contributed by atoms with E-state index in [9.17, 15) is 19.6 Å². The van der Waals surface area contributed by atoms with Gasteiger partial charge in [0.25, 0.3) is 11.8 Å². The van der Waals surface area contributed by atoms with E-state index in [4.69, 9.17) is 9.15 Å². The molecule has 0 N–H and O–H groups in total. The van der Waals surface area contributed by atoms with Crippen molar-refractivity contribution in [1.29, 1.82) is 5.26 Å². The number of benzene rings is 1. The number of carbonyl (C=O) groups is 3. The Labute approximate surface area is 173 Å². The summed E-state index contributed by atoms with van der Waals surface area (Å²) in [4.78, 5) is 37.7. The lowest BCUT2D eigenvalue weighted by Crippen LogP contribution is -2.42. The van der Waals surface area contributed by atoms with Crippen LogP contribution in [0.1, 0.15) is 36.9 Å². The molecule has 3 rings (SSSR count). The van der Waals surface area contributed by atoms with Crippen LogP contribution in [-0.2, 0) is 14.3 Å². The molecular formula is C23H20N2O5. The third-order valence-corrected chi connectivity index (χ3v) is 4.74. The molecule has 7 heteroatoms. The zero-order valence-corrected chi connectivity index (χ0v) is 16.9. The largest absolute Gasteiger partial charge is 0.462 e. The molecule has 152 valence electrons. The van der Waals surface area contributed by atoms with Gasteiger partial charge in [0.1, 0.15) is 23.2 Å². The van der Waals surface area contributed by atoms with Gasteiger partial charge in [0, 0.05) is 17.7 Å². The maximum Gasteiger partial charge on any atom is 0.338 e. The van der Waals surface area contributed by atoms with Gasteiger partial charge in [0.05, 0.1) is 12.2 Å². The van der Waals surface area contributed by atoms with Crippen LogP contribution in [0, 0.1) is 11.3 Å². The van der Waals surface area contributed by atoms with Gasteiger partial charge in [-0.15, -0.1) is 0 Å². The molecule has 0 saturated heterocycles. The molecule has 7 nitrogen and oxygen atoms in total. The van der Waals surface area contributed by atoms with Crippen molar-refractivity contribution in [2.75, 3.05) is 13.2 Å². The molecule has 1 aromatic heterocycles. The second-order valence-corrected chi connectivity index (χ2v) is 6.52. The second-order valence-electron chi connectivity index (χ2n) is 6.52. The Morgan fingerprint density at radius 2 is 1.83 bits per heavy atom. The molecule has 0 fully saturated rings. The molecule has 0 spiro atoms. The number of nitrogens with zero attached hydrogens (tertiary/aromatic N) is 2. The standard InChI is InChI=1S/C23H20N2O5/c1-4-25-21(26)18(14(3)19(13-24)22(25)27)12-17-10-11-20(30-17)15-6-8-16(9-7-15)23(28)29-5-2/h6-12H,4-5H2,1-3H3/b18-12+. The maximum absolute atomic E-state index is 12.7. The Hall–Kier alpha value is -3.92. The van der Waals surface area contributed by atoms with E-state index in [-0.39, 0.29) is 17.7 Å². The predicted molar refractivity (Wildman–Crippen MR) is 109 cm³/mol. The van der Waals surface area contributed by atoms with Crippen molar-refractivity contribution in [1.82, 2.24) is 4.90 Å². The first kappa shape index (κ1) is 20.8. The number of hydrogen-bond acceptors (Lipinski definition) is 6. The van der Waals surface area contributed by atoms with Crippen LogP contribution in [0.15, 0.2) is 57.5 Å². The predicted octanol–water partition coefficient (Wildman–Crippen LogP) is 3.74. The summed E-state index contributed by atoms with van der Waals surface area (Å²) in [6.07, 6.45) is 1.53. The molecular weight excluding hydrogens is 384 g/mol. The quantitative estimate of drug-likeness (QED) is 0.428. The molecule has 1 aliphatic heterocycles. The van der Waals surface area contributed by atoms with E-state index < -0.39 is 17.8 Å². The Bertz CT molecular complexity index is 1110. The number of hydrogen-bond donors (Lipinski definition) is 0. The van der Waals surface area contributed by atoms with E-state index in [1.54, 1.807) is 57.2 Å². The Morgan fingerprint density at radius 1 is 1.13 bits per heavy atom. The summed E-state index contributed by atoms with van der Waals surface area (Å²) < 4.78 is 10.8. The van der Waals surface area contributed by atoms with Crippen LogP contribution in [-0.4, -0.2) is 35.8 Å². The first-order valence-corrected chi connectivity index (χ1v) is 9.47. The lowest BCUT2D eigenvalue weighted by Gasteiger charge is -2.25. The van der Waals surface area contributed by atoms with Crippen LogP contribution in [0.5, 0.6) is 0 Å². The van der Waals surface area contributed by atoms with Crippen LogP contribution >= 0.6 is 0 Å². The minimum atomic E-state index is -0.582. The van der Waals surface area contributed by atoms with Gasteiger partial charge in [-0.1, -0.05) is 12.1 Å². The number of rotatable bonds is 5. The third kappa shape index (κ3) is 3.80. The highest BCUT2D eigenvalue weighted by molar-refractivity contribution is 6.19. The average molecular weight is 404 g/mol. The molecule has 0 atom stereocenters.